The Bertz CT molecular complexity index is 947. The SMILES string of the molecule is CCNC(=O)COC(=O)Cn1c2ccccc2c(=O)c2ccccc21. The van der Waals surface area contributed by atoms with Crippen LogP contribution in [0.15, 0.2) is 53.3 Å². The van der Waals surface area contributed by atoms with E-state index in [1.165, 1.54) is 0 Å². The summed E-state index contributed by atoms with van der Waals surface area (Å²) < 4.78 is 6.78. The Morgan fingerprint density at radius 1 is 1.00 bits per heavy atom. The van der Waals surface area contributed by atoms with Crippen LogP contribution in [0.2, 0.25) is 0 Å². The Hall–Kier alpha value is -3.15. The van der Waals surface area contributed by atoms with Crippen LogP contribution in [0.4, 0.5) is 0 Å². The first kappa shape index (κ1) is 16.7. The molecule has 3 rings (SSSR count). The number of esters is 1. The monoisotopic (exact) mass is 338 g/mol. The minimum Gasteiger partial charge on any atom is -0.454 e. The second-order valence-corrected chi connectivity index (χ2v) is 5.56. The summed E-state index contributed by atoms with van der Waals surface area (Å²) >= 11 is 0. The lowest BCUT2D eigenvalue weighted by atomic mass is 10.1. The van der Waals surface area contributed by atoms with E-state index >= 15 is 0 Å². The van der Waals surface area contributed by atoms with E-state index < -0.39 is 5.97 Å². The van der Waals surface area contributed by atoms with Gasteiger partial charge in [-0.05, 0) is 31.2 Å². The third-order valence-corrected chi connectivity index (χ3v) is 3.90. The van der Waals surface area contributed by atoms with Crippen LogP contribution < -0.4 is 10.7 Å². The third kappa shape index (κ3) is 3.38. The summed E-state index contributed by atoms with van der Waals surface area (Å²) in [5, 5.41) is 3.65. The number of rotatable bonds is 5. The Morgan fingerprint density at radius 2 is 1.56 bits per heavy atom. The number of para-hydroxylation sites is 2. The van der Waals surface area contributed by atoms with Crippen LogP contribution in [-0.4, -0.2) is 29.6 Å². The summed E-state index contributed by atoms with van der Waals surface area (Å²) in [7, 11) is 0. The first-order valence-corrected chi connectivity index (χ1v) is 8.04. The average molecular weight is 338 g/mol. The van der Waals surface area contributed by atoms with E-state index in [4.69, 9.17) is 4.74 Å². The summed E-state index contributed by atoms with van der Waals surface area (Å²) in [6.45, 7) is 1.87. The van der Waals surface area contributed by atoms with Crippen LogP contribution in [0.25, 0.3) is 21.8 Å². The molecule has 0 aliphatic rings. The van der Waals surface area contributed by atoms with Gasteiger partial charge < -0.3 is 14.6 Å². The molecule has 1 amide bonds. The Balaban J connectivity index is 1.99. The van der Waals surface area contributed by atoms with Crippen molar-refractivity contribution in [2.45, 2.75) is 13.5 Å². The van der Waals surface area contributed by atoms with Crippen molar-refractivity contribution in [3.8, 4) is 0 Å². The summed E-state index contributed by atoms with van der Waals surface area (Å²) in [6.07, 6.45) is 0. The predicted octanol–water partition coefficient (Wildman–Crippen LogP) is 1.83. The van der Waals surface area contributed by atoms with Gasteiger partial charge >= 0.3 is 5.97 Å². The molecule has 0 fully saturated rings. The van der Waals surface area contributed by atoms with Gasteiger partial charge in [-0.1, -0.05) is 24.3 Å². The number of amides is 1. The maximum atomic E-state index is 12.6. The molecule has 0 bridgehead atoms. The second-order valence-electron chi connectivity index (χ2n) is 5.56. The third-order valence-electron chi connectivity index (χ3n) is 3.90. The van der Waals surface area contributed by atoms with Gasteiger partial charge in [0.2, 0.25) is 0 Å². The number of benzene rings is 2. The van der Waals surface area contributed by atoms with Gasteiger partial charge in [0.15, 0.2) is 12.0 Å². The van der Waals surface area contributed by atoms with Gasteiger partial charge in [0.1, 0.15) is 6.54 Å². The van der Waals surface area contributed by atoms with Crippen molar-refractivity contribution in [3.05, 3.63) is 58.8 Å². The summed E-state index contributed by atoms with van der Waals surface area (Å²) in [5.41, 5.74) is 1.24. The largest absolute Gasteiger partial charge is 0.454 e. The minimum atomic E-state index is -0.537. The normalized spacial score (nSPS) is 10.8. The Morgan fingerprint density at radius 3 is 2.12 bits per heavy atom. The van der Waals surface area contributed by atoms with E-state index in [-0.39, 0.29) is 24.5 Å². The highest BCUT2D eigenvalue weighted by Crippen LogP contribution is 2.19. The van der Waals surface area contributed by atoms with E-state index in [9.17, 15) is 14.4 Å². The highest BCUT2D eigenvalue weighted by atomic mass is 16.5. The molecule has 0 aliphatic heterocycles. The fraction of sp³-hybridized carbons (Fsp3) is 0.211. The lowest BCUT2D eigenvalue weighted by Crippen LogP contribution is -2.29. The fourth-order valence-corrected chi connectivity index (χ4v) is 2.82. The molecule has 0 unspecified atom stereocenters. The number of likely N-dealkylation sites (N-methyl/N-ethyl adjacent to an activating group) is 1. The lowest BCUT2D eigenvalue weighted by Gasteiger charge is -2.14. The number of hydrogen-bond donors (Lipinski definition) is 1. The molecule has 0 radical (unpaired) electrons. The maximum Gasteiger partial charge on any atom is 0.326 e. The van der Waals surface area contributed by atoms with Gasteiger partial charge in [0.05, 0.1) is 11.0 Å². The number of nitrogens with one attached hydrogen (secondary N) is 1. The van der Waals surface area contributed by atoms with Crippen LogP contribution in [0.5, 0.6) is 0 Å². The van der Waals surface area contributed by atoms with Crippen molar-refractivity contribution >= 4 is 33.7 Å². The van der Waals surface area contributed by atoms with E-state index in [0.717, 1.165) is 0 Å². The molecule has 0 atom stereocenters. The van der Waals surface area contributed by atoms with Crippen LogP contribution in [0, 0.1) is 0 Å². The molecule has 0 spiro atoms. The average Bonchev–Trinajstić information content (AvgIpc) is 2.64. The van der Waals surface area contributed by atoms with Crippen LogP contribution in [0.1, 0.15) is 6.92 Å². The summed E-state index contributed by atoms with van der Waals surface area (Å²) in [4.78, 5) is 36.3. The zero-order valence-electron chi connectivity index (χ0n) is 13.8. The predicted molar refractivity (Wildman–Crippen MR) is 95.4 cm³/mol. The first-order valence-electron chi connectivity index (χ1n) is 8.04. The molecule has 3 aromatic rings. The molecule has 6 heteroatoms. The van der Waals surface area contributed by atoms with E-state index in [2.05, 4.69) is 5.32 Å². The first-order chi connectivity index (χ1) is 12.1. The maximum absolute atomic E-state index is 12.6. The highest BCUT2D eigenvalue weighted by molar-refractivity contribution is 5.94. The van der Waals surface area contributed by atoms with Gasteiger partial charge in [0, 0.05) is 17.3 Å². The number of carbonyl (C=O) groups excluding carboxylic acids is 2. The van der Waals surface area contributed by atoms with Crippen molar-refractivity contribution in [2.24, 2.45) is 0 Å². The number of ether oxygens (including phenoxy) is 1. The molecule has 0 saturated carbocycles. The topological polar surface area (TPSA) is 77.4 Å². The molecule has 1 heterocycles. The Kier molecular flexibility index (Phi) is 4.79. The van der Waals surface area contributed by atoms with Crippen molar-refractivity contribution in [1.29, 1.82) is 0 Å². The standard InChI is InChI=1S/C19H18N2O4/c1-2-20-17(22)12-25-18(23)11-21-15-9-5-3-7-13(15)19(24)14-8-4-6-10-16(14)21/h3-10H,2,11-12H2,1H3,(H,20,22). The van der Waals surface area contributed by atoms with Gasteiger partial charge in [-0.15, -0.1) is 0 Å². The molecular weight excluding hydrogens is 320 g/mol. The van der Waals surface area contributed by atoms with Gasteiger partial charge in [0.25, 0.3) is 5.91 Å². The molecule has 0 saturated heterocycles. The molecule has 2 aromatic carbocycles. The van der Waals surface area contributed by atoms with Crippen LogP contribution in [-0.2, 0) is 20.9 Å². The van der Waals surface area contributed by atoms with Gasteiger partial charge in [-0.25, -0.2) is 0 Å². The van der Waals surface area contributed by atoms with Crippen molar-refractivity contribution < 1.29 is 14.3 Å². The smallest absolute Gasteiger partial charge is 0.326 e. The fourth-order valence-electron chi connectivity index (χ4n) is 2.82. The number of fused-ring (bicyclic) bond motifs is 2. The molecule has 25 heavy (non-hydrogen) atoms. The van der Waals surface area contributed by atoms with E-state index in [1.54, 1.807) is 47.9 Å². The van der Waals surface area contributed by atoms with Gasteiger partial charge in [-0.2, -0.15) is 0 Å². The quantitative estimate of drug-likeness (QED) is 0.569. The Labute approximate surface area is 144 Å². The summed E-state index contributed by atoms with van der Waals surface area (Å²) in [5.74, 6) is -0.879. The molecule has 6 nitrogen and oxygen atoms in total. The van der Waals surface area contributed by atoms with Crippen LogP contribution in [0.3, 0.4) is 0 Å². The van der Waals surface area contributed by atoms with E-state index in [0.29, 0.717) is 28.4 Å². The lowest BCUT2D eigenvalue weighted by molar-refractivity contribution is -0.149. The minimum absolute atomic E-state index is 0.0712. The highest BCUT2D eigenvalue weighted by Gasteiger charge is 2.14. The molecule has 1 aromatic heterocycles. The van der Waals surface area contributed by atoms with E-state index in [1.807, 2.05) is 12.1 Å². The van der Waals surface area contributed by atoms with Crippen molar-refractivity contribution in [1.82, 2.24) is 9.88 Å². The molecule has 0 aliphatic carbocycles. The zero-order valence-corrected chi connectivity index (χ0v) is 13.8. The molecule has 1 N–H and O–H groups in total. The summed E-state index contributed by atoms with van der Waals surface area (Å²) in [6, 6.07) is 14.3. The zero-order chi connectivity index (χ0) is 17.8. The molecular formula is C19H18N2O4. The van der Waals surface area contributed by atoms with Crippen molar-refractivity contribution in [3.63, 3.8) is 0 Å². The van der Waals surface area contributed by atoms with Crippen LogP contribution >= 0.6 is 0 Å². The number of carbonyl (C=O) groups is 2. The van der Waals surface area contributed by atoms with Gasteiger partial charge in [-0.3, -0.25) is 14.4 Å². The number of nitrogens with zero attached hydrogens (tertiary/aromatic N) is 1. The number of aromatic nitrogens is 1. The van der Waals surface area contributed by atoms with Crippen molar-refractivity contribution in [2.75, 3.05) is 13.2 Å². The molecule has 128 valence electrons. The number of pyridine rings is 1. The second kappa shape index (κ2) is 7.17. The number of hydrogen-bond acceptors (Lipinski definition) is 4.